The number of rotatable bonds is 5. The Hall–Kier alpha value is -1.85. The minimum absolute atomic E-state index is 0.160. The fourth-order valence-electron chi connectivity index (χ4n) is 2.09. The lowest BCUT2D eigenvalue weighted by Crippen LogP contribution is -2.46. The summed E-state index contributed by atoms with van der Waals surface area (Å²) in [5.41, 5.74) is 1.06. The van der Waals surface area contributed by atoms with E-state index >= 15 is 0 Å². The third-order valence-corrected chi connectivity index (χ3v) is 3.21. The van der Waals surface area contributed by atoms with Crippen LogP contribution in [0, 0.1) is 0 Å². The first-order valence-corrected chi connectivity index (χ1v) is 7.03. The van der Waals surface area contributed by atoms with Gasteiger partial charge in [-0.25, -0.2) is 4.79 Å². The summed E-state index contributed by atoms with van der Waals surface area (Å²) in [6, 6.07) is 9.71. The smallest absolute Gasteiger partial charge is 0.318 e. The summed E-state index contributed by atoms with van der Waals surface area (Å²) in [5.74, 6) is 0. The van der Waals surface area contributed by atoms with Crippen LogP contribution in [0.3, 0.4) is 0 Å². The molecule has 1 aromatic carbocycles. The molecule has 1 aliphatic rings. The monoisotopic (exact) mass is 274 g/mol. The molecule has 0 saturated carbocycles. The van der Waals surface area contributed by atoms with E-state index in [1.54, 1.807) is 6.20 Å². The molecule has 1 aromatic rings. The molecule has 3 N–H and O–H groups in total. The maximum atomic E-state index is 11.6. The summed E-state index contributed by atoms with van der Waals surface area (Å²) in [6.45, 7) is 5.74. The molecule has 0 aromatic heterocycles. The first-order valence-electron chi connectivity index (χ1n) is 7.03. The second-order valence-corrected chi connectivity index (χ2v) is 4.74. The molecule has 1 aliphatic heterocycles. The Morgan fingerprint density at radius 3 is 2.75 bits per heavy atom. The fourth-order valence-corrected chi connectivity index (χ4v) is 2.09. The van der Waals surface area contributed by atoms with E-state index in [-0.39, 0.29) is 6.03 Å². The van der Waals surface area contributed by atoms with Crippen molar-refractivity contribution in [3.8, 4) is 0 Å². The van der Waals surface area contributed by atoms with E-state index in [2.05, 4.69) is 20.9 Å². The molecule has 2 rings (SSSR count). The summed E-state index contributed by atoms with van der Waals surface area (Å²) in [6.07, 6.45) is 3.53. The Kier molecular flexibility index (Phi) is 6.07. The van der Waals surface area contributed by atoms with Gasteiger partial charge in [-0.3, -0.25) is 4.90 Å². The van der Waals surface area contributed by atoms with Gasteiger partial charge in [0.2, 0.25) is 0 Å². The molecular formula is C15H22N4O. The third-order valence-electron chi connectivity index (χ3n) is 3.21. The van der Waals surface area contributed by atoms with Crippen molar-refractivity contribution in [3.05, 3.63) is 42.1 Å². The Morgan fingerprint density at radius 2 is 2.00 bits per heavy atom. The van der Waals surface area contributed by atoms with Crippen LogP contribution in [0.25, 0.3) is 6.08 Å². The molecule has 1 heterocycles. The van der Waals surface area contributed by atoms with Crippen LogP contribution in [0.1, 0.15) is 5.56 Å². The first kappa shape index (κ1) is 14.6. The van der Waals surface area contributed by atoms with E-state index in [0.717, 1.165) is 38.3 Å². The maximum absolute atomic E-state index is 11.6. The molecule has 1 fully saturated rings. The second-order valence-electron chi connectivity index (χ2n) is 4.74. The standard InChI is InChI=1S/C15H22N4O/c20-15(17-7-6-14-4-2-1-3-5-14)18-10-13-19-11-8-16-9-12-19/h1-7,16H,8-13H2,(H2,17,18,20)/b7-6+. The Balaban J connectivity index is 1.59. The number of urea groups is 1. The predicted molar refractivity (Wildman–Crippen MR) is 81.3 cm³/mol. The average Bonchev–Trinajstić information content (AvgIpc) is 2.49. The van der Waals surface area contributed by atoms with Crippen molar-refractivity contribution < 1.29 is 4.79 Å². The van der Waals surface area contributed by atoms with Crippen LogP contribution in [0.15, 0.2) is 36.5 Å². The summed E-state index contributed by atoms with van der Waals surface area (Å²) >= 11 is 0. The van der Waals surface area contributed by atoms with Crippen LogP contribution >= 0.6 is 0 Å². The van der Waals surface area contributed by atoms with Crippen LogP contribution in [0.2, 0.25) is 0 Å². The van der Waals surface area contributed by atoms with E-state index in [9.17, 15) is 4.79 Å². The van der Waals surface area contributed by atoms with E-state index < -0.39 is 0 Å². The Bertz CT molecular complexity index is 427. The zero-order valence-electron chi connectivity index (χ0n) is 11.6. The molecule has 5 nitrogen and oxygen atoms in total. The van der Waals surface area contributed by atoms with Gasteiger partial charge >= 0.3 is 6.03 Å². The highest BCUT2D eigenvalue weighted by Gasteiger charge is 2.08. The van der Waals surface area contributed by atoms with Crippen LogP contribution in [-0.2, 0) is 0 Å². The van der Waals surface area contributed by atoms with Crippen molar-refractivity contribution >= 4 is 12.1 Å². The van der Waals surface area contributed by atoms with Crippen LogP contribution in [-0.4, -0.2) is 50.2 Å². The molecule has 1 saturated heterocycles. The lowest BCUT2D eigenvalue weighted by atomic mass is 10.2. The molecule has 5 heteroatoms. The van der Waals surface area contributed by atoms with Crippen molar-refractivity contribution in [1.82, 2.24) is 20.9 Å². The molecule has 0 bridgehead atoms. The van der Waals surface area contributed by atoms with Crippen molar-refractivity contribution in [2.45, 2.75) is 0 Å². The second kappa shape index (κ2) is 8.35. The average molecular weight is 274 g/mol. The number of carbonyl (C=O) groups excluding carboxylic acids is 1. The van der Waals surface area contributed by atoms with Gasteiger partial charge in [0.1, 0.15) is 0 Å². The van der Waals surface area contributed by atoms with Gasteiger partial charge < -0.3 is 16.0 Å². The van der Waals surface area contributed by atoms with Gasteiger partial charge in [-0.05, 0) is 11.6 Å². The minimum atomic E-state index is -0.160. The summed E-state index contributed by atoms with van der Waals surface area (Å²) in [5, 5.41) is 8.87. The van der Waals surface area contributed by atoms with Crippen molar-refractivity contribution in [1.29, 1.82) is 0 Å². The van der Waals surface area contributed by atoms with Crippen molar-refractivity contribution in [2.24, 2.45) is 0 Å². The molecule has 2 amide bonds. The van der Waals surface area contributed by atoms with Crippen LogP contribution in [0.4, 0.5) is 4.79 Å². The summed E-state index contributed by atoms with van der Waals surface area (Å²) in [7, 11) is 0. The summed E-state index contributed by atoms with van der Waals surface area (Å²) < 4.78 is 0. The van der Waals surface area contributed by atoms with E-state index in [1.165, 1.54) is 0 Å². The van der Waals surface area contributed by atoms with Gasteiger partial charge in [-0.2, -0.15) is 0 Å². The Labute approximate surface area is 120 Å². The van der Waals surface area contributed by atoms with Crippen LogP contribution in [0.5, 0.6) is 0 Å². The predicted octanol–water partition coefficient (Wildman–Crippen LogP) is 0.862. The number of piperazine rings is 1. The zero-order chi connectivity index (χ0) is 14.0. The highest BCUT2D eigenvalue weighted by molar-refractivity contribution is 5.75. The number of hydrogen-bond acceptors (Lipinski definition) is 3. The molecule has 108 valence electrons. The van der Waals surface area contributed by atoms with Gasteiger partial charge in [0.25, 0.3) is 0 Å². The normalized spacial score (nSPS) is 16.2. The SMILES string of the molecule is O=C(N/C=C/c1ccccc1)NCCN1CCNCC1. The zero-order valence-corrected chi connectivity index (χ0v) is 11.6. The molecule has 20 heavy (non-hydrogen) atoms. The third kappa shape index (κ3) is 5.42. The van der Waals surface area contributed by atoms with Gasteiger partial charge in [0.15, 0.2) is 0 Å². The van der Waals surface area contributed by atoms with Gasteiger partial charge in [0.05, 0.1) is 0 Å². The number of hydrogen-bond donors (Lipinski definition) is 3. The molecule has 0 spiro atoms. The fraction of sp³-hybridized carbons (Fsp3) is 0.400. The maximum Gasteiger partial charge on any atom is 0.318 e. The summed E-state index contributed by atoms with van der Waals surface area (Å²) in [4.78, 5) is 13.9. The Morgan fingerprint density at radius 1 is 1.25 bits per heavy atom. The number of carbonyl (C=O) groups is 1. The minimum Gasteiger partial charge on any atom is -0.337 e. The molecule has 0 aliphatic carbocycles. The highest BCUT2D eigenvalue weighted by Crippen LogP contribution is 1.99. The van der Waals surface area contributed by atoms with Crippen molar-refractivity contribution in [3.63, 3.8) is 0 Å². The topological polar surface area (TPSA) is 56.4 Å². The van der Waals surface area contributed by atoms with Gasteiger partial charge in [-0.1, -0.05) is 30.3 Å². The molecule has 0 radical (unpaired) electrons. The van der Waals surface area contributed by atoms with Gasteiger partial charge in [0, 0.05) is 45.5 Å². The van der Waals surface area contributed by atoms with E-state index in [4.69, 9.17) is 0 Å². The number of amides is 2. The van der Waals surface area contributed by atoms with E-state index in [0.29, 0.717) is 6.54 Å². The van der Waals surface area contributed by atoms with Crippen LogP contribution < -0.4 is 16.0 Å². The number of nitrogens with zero attached hydrogens (tertiary/aromatic N) is 1. The number of nitrogens with one attached hydrogen (secondary N) is 3. The van der Waals surface area contributed by atoms with Gasteiger partial charge in [-0.15, -0.1) is 0 Å². The largest absolute Gasteiger partial charge is 0.337 e. The quantitative estimate of drug-likeness (QED) is 0.746. The van der Waals surface area contributed by atoms with E-state index in [1.807, 2.05) is 36.4 Å². The lowest BCUT2D eigenvalue weighted by Gasteiger charge is -2.26. The number of benzene rings is 1. The van der Waals surface area contributed by atoms with Crippen molar-refractivity contribution in [2.75, 3.05) is 39.3 Å². The molecule has 0 unspecified atom stereocenters. The molecular weight excluding hydrogens is 252 g/mol. The molecule has 0 atom stereocenters. The highest BCUT2D eigenvalue weighted by atomic mass is 16.2. The lowest BCUT2D eigenvalue weighted by molar-refractivity contribution is 0.229. The first-order chi connectivity index (χ1) is 9.84.